The van der Waals surface area contributed by atoms with Crippen LogP contribution in [0.5, 0.6) is 0 Å². The van der Waals surface area contributed by atoms with Gasteiger partial charge in [-0.05, 0) is 40.5 Å². The van der Waals surface area contributed by atoms with Crippen LogP contribution >= 0.6 is 0 Å². The minimum Gasteiger partial charge on any atom is -0.444 e. The van der Waals surface area contributed by atoms with Crippen LogP contribution in [-0.2, 0) is 16.1 Å². The fraction of sp³-hybridized carbons (Fsp3) is 0.737. The van der Waals surface area contributed by atoms with Crippen LogP contribution in [-0.4, -0.2) is 58.6 Å². The highest BCUT2D eigenvalue weighted by Crippen LogP contribution is 2.43. The molecular weight excluding hydrogens is 348 g/mol. The zero-order valence-electron chi connectivity index (χ0n) is 16.6. The minimum atomic E-state index is -0.532. The zero-order valence-corrected chi connectivity index (χ0v) is 16.6. The highest BCUT2D eigenvalue weighted by molar-refractivity contribution is 5.68. The van der Waals surface area contributed by atoms with Crippen molar-refractivity contribution >= 4 is 11.9 Å². The lowest BCUT2D eigenvalue weighted by Gasteiger charge is -2.43. The average molecular weight is 378 g/mol. The number of ether oxygens (including phenoxy) is 2. The molecule has 3 rings (SSSR count). The minimum absolute atomic E-state index is 0.0615. The third-order valence-corrected chi connectivity index (χ3v) is 5.40. The van der Waals surface area contributed by atoms with Gasteiger partial charge in [0.1, 0.15) is 11.3 Å². The Morgan fingerprint density at radius 1 is 1.37 bits per heavy atom. The molecule has 0 aromatic carbocycles. The molecule has 0 saturated carbocycles. The number of aromatic nitrogens is 2. The van der Waals surface area contributed by atoms with Gasteiger partial charge in [0.2, 0.25) is 0 Å². The van der Waals surface area contributed by atoms with Crippen molar-refractivity contribution in [1.82, 2.24) is 15.3 Å². The summed E-state index contributed by atoms with van der Waals surface area (Å²) in [4.78, 5) is 23.1. The monoisotopic (exact) mass is 378 g/mol. The lowest BCUT2D eigenvalue weighted by atomic mass is 9.73. The Balaban J connectivity index is 1.68. The van der Waals surface area contributed by atoms with Crippen molar-refractivity contribution in [2.45, 2.75) is 64.9 Å². The van der Waals surface area contributed by atoms with Crippen LogP contribution in [0.15, 0.2) is 12.4 Å². The lowest BCUT2D eigenvalue weighted by Crippen LogP contribution is -2.55. The van der Waals surface area contributed by atoms with Gasteiger partial charge in [-0.1, -0.05) is 0 Å². The molecule has 0 unspecified atom stereocenters. The molecule has 8 nitrogen and oxygen atoms in total. The first-order chi connectivity index (χ1) is 12.7. The van der Waals surface area contributed by atoms with Gasteiger partial charge in [0.25, 0.3) is 0 Å². The van der Waals surface area contributed by atoms with Crippen LogP contribution in [0, 0.1) is 5.41 Å². The number of hydrogen-bond donors (Lipinski definition) is 2. The van der Waals surface area contributed by atoms with E-state index in [1.165, 1.54) is 0 Å². The van der Waals surface area contributed by atoms with Crippen LogP contribution in [0.4, 0.5) is 10.6 Å². The number of rotatable bonds is 3. The number of alkyl carbamates (subject to hydrolysis) is 1. The number of carbonyl (C=O) groups is 1. The number of aliphatic hydroxyl groups is 1. The maximum Gasteiger partial charge on any atom is 0.407 e. The summed E-state index contributed by atoms with van der Waals surface area (Å²) >= 11 is 0. The summed E-state index contributed by atoms with van der Waals surface area (Å²) in [7, 11) is 0. The Labute approximate surface area is 160 Å². The van der Waals surface area contributed by atoms with E-state index in [4.69, 9.17) is 9.47 Å². The summed E-state index contributed by atoms with van der Waals surface area (Å²) in [6.07, 6.45) is 4.50. The van der Waals surface area contributed by atoms with E-state index in [9.17, 15) is 9.90 Å². The fourth-order valence-electron chi connectivity index (χ4n) is 4.04. The van der Waals surface area contributed by atoms with E-state index in [1.807, 2.05) is 27.7 Å². The molecule has 2 aliphatic heterocycles. The normalized spacial score (nSPS) is 24.9. The number of nitrogens with one attached hydrogen (secondary N) is 1. The van der Waals surface area contributed by atoms with Crippen LogP contribution in [0.3, 0.4) is 0 Å². The van der Waals surface area contributed by atoms with Gasteiger partial charge in [0.15, 0.2) is 5.82 Å². The van der Waals surface area contributed by atoms with Gasteiger partial charge in [-0.3, -0.25) is 4.98 Å². The molecule has 8 heteroatoms. The second kappa shape index (κ2) is 7.59. The number of aliphatic hydroxyl groups excluding tert-OH is 1. The van der Waals surface area contributed by atoms with Gasteiger partial charge in [-0.15, -0.1) is 0 Å². The number of piperidine rings is 1. The Hall–Kier alpha value is -1.93. The van der Waals surface area contributed by atoms with E-state index in [0.29, 0.717) is 12.3 Å². The summed E-state index contributed by atoms with van der Waals surface area (Å²) in [5, 5.41) is 12.6. The first-order valence-corrected chi connectivity index (χ1v) is 9.51. The van der Waals surface area contributed by atoms with Gasteiger partial charge < -0.3 is 24.8 Å². The third-order valence-electron chi connectivity index (χ3n) is 5.40. The summed E-state index contributed by atoms with van der Waals surface area (Å²) in [6.45, 7) is 9.60. The van der Waals surface area contributed by atoms with Crippen LogP contribution in [0.25, 0.3) is 0 Å². The largest absolute Gasteiger partial charge is 0.444 e. The predicted octanol–water partition coefficient (Wildman–Crippen LogP) is 1.87. The van der Waals surface area contributed by atoms with Crippen molar-refractivity contribution < 1.29 is 19.4 Å². The Morgan fingerprint density at radius 2 is 2.04 bits per heavy atom. The second-order valence-corrected chi connectivity index (χ2v) is 8.47. The van der Waals surface area contributed by atoms with E-state index in [1.54, 1.807) is 12.4 Å². The van der Waals surface area contributed by atoms with Gasteiger partial charge in [0.05, 0.1) is 25.4 Å². The number of amides is 1. The molecule has 3 heterocycles. The first-order valence-electron chi connectivity index (χ1n) is 9.51. The van der Waals surface area contributed by atoms with Gasteiger partial charge in [0, 0.05) is 30.9 Å². The van der Waals surface area contributed by atoms with E-state index in [-0.39, 0.29) is 24.2 Å². The molecule has 2 atom stereocenters. The van der Waals surface area contributed by atoms with Gasteiger partial charge >= 0.3 is 6.09 Å². The molecule has 150 valence electrons. The molecular formula is C19H30N4O4. The van der Waals surface area contributed by atoms with Gasteiger partial charge in [-0.25, -0.2) is 9.78 Å². The average Bonchev–Trinajstić information content (AvgIpc) is 2.90. The molecule has 2 saturated heterocycles. The van der Waals surface area contributed by atoms with Crippen LogP contribution in [0.1, 0.15) is 46.2 Å². The standard InChI is InChI=1S/C19H30N4O4/c1-13-15(22-17(25)27-18(2,3)4)19(12-26-13)5-9-23(10-6-19)16-14(11-24)20-7-8-21-16/h7-8,13,15,24H,5-6,9-12H2,1-4H3,(H,22,25)/t13-,15+/m0/s1. The number of anilines is 1. The van der Waals surface area contributed by atoms with E-state index in [2.05, 4.69) is 20.2 Å². The van der Waals surface area contributed by atoms with E-state index in [0.717, 1.165) is 31.7 Å². The van der Waals surface area contributed by atoms with Crippen molar-refractivity contribution in [2.75, 3.05) is 24.6 Å². The molecule has 0 aliphatic carbocycles. The van der Waals surface area contributed by atoms with E-state index >= 15 is 0 Å². The third kappa shape index (κ3) is 4.32. The molecule has 1 aromatic rings. The predicted molar refractivity (Wildman–Crippen MR) is 100 cm³/mol. The van der Waals surface area contributed by atoms with Crippen molar-refractivity contribution in [2.24, 2.45) is 5.41 Å². The first kappa shape index (κ1) is 19.8. The fourth-order valence-corrected chi connectivity index (χ4v) is 4.04. The Bertz CT molecular complexity index is 668. The second-order valence-electron chi connectivity index (χ2n) is 8.47. The summed E-state index contributed by atoms with van der Waals surface area (Å²) in [6, 6.07) is -0.0892. The van der Waals surface area contributed by atoms with Crippen molar-refractivity contribution in [3.8, 4) is 0 Å². The quantitative estimate of drug-likeness (QED) is 0.829. The van der Waals surface area contributed by atoms with Crippen LogP contribution in [0.2, 0.25) is 0 Å². The number of carbonyl (C=O) groups excluding carboxylic acids is 1. The summed E-state index contributed by atoms with van der Waals surface area (Å²) in [5.41, 5.74) is -0.0578. The van der Waals surface area contributed by atoms with Crippen molar-refractivity contribution in [3.05, 3.63) is 18.1 Å². The van der Waals surface area contributed by atoms with Crippen molar-refractivity contribution in [1.29, 1.82) is 0 Å². The highest BCUT2D eigenvalue weighted by atomic mass is 16.6. The molecule has 2 fully saturated rings. The molecule has 2 aliphatic rings. The molecule has 0 bridgehead atoms. The van der Waals surface area contributed by atoms with Gasteiger partial charge in [-0.2, -0.15) is 0 Å². The Kier molecular flexibility index (Phi) is 5.58. The highest BCUT2D eigenvalue weighted by Gasteiger charge is 2.50. The number of hydrogen-bond acceptors (Lipinski definition) is 7. The topological polar surface area (TPSA) is 96.8 Å². The summed E-state index contributed by atoms with van der Waals surface area (Å²) < 4.78 is 11.4. The molecule has 27 heavy (non-hydrogen) atoms. The molecule has 1 spiro atoms. The van der Waals surface area contributed by atoms with Crippen molar-refractivity contribution in [3.63, 3.8) is 0 Å². The molecule has 1 amide bonds. The lowest BCUT2D eigenvalue weighted by molar-refractivity contribution is 0.0434. The SMILES string of the molecule is C[C@@H]1OCC2(CCN(c3nccnc3CO)CC2)[C@@H]1NC(=O)OC(C)(C)C. The van der Waals surface area contributed by atoms with E-state index < -0.39 is 11.7 Å². The molecule has 2 N–H and O–H groups in total. The molecule has 1 aromatic heterocycles. The maximum absolute atomic E-state index is 12.3. The molecule has 0 radical (unpaired) electrons. The van der Waals surface area contributed by atoms with Crippen LogP contribution < -0.4 is 10.2 Å². The maximum atomic E-state index is 12.3. The summed E-state index contributed by atoms with van der Waals surface area (Å²) in [5.74, 6) is 0.735. The number of nitrogens with zero attached hydrogens (tertiary/aromatic N) is 3. The smallest absolute Gasteiger partial charge is 0.407 e. The zero-order chi connectivity index (χ0) is 19.7. The Morgan fingerprint density at radius 3 is 2.67 bits per heavy atom.